The molecule has 0 heterocycles. The van der Waals surface area contributed by atoms with Gasteiger partial charge in [0.2, 0.25) is 0 Å². The minimum Gasteiger partial charge on any atom is -0.492 e. The Labute approximate surface area is 116 Å². The summed E-state index contributed by atoms with van der Waals surface area (Å²) >= 11 is 0. The van der Waals surface area contributed by atoms with Gasteiger partial charge >= 0.3 is 5.97 Å². The first kappa shape index (κ1) is 15.8. The first-order valence-corrected chi connectivity index (χ1v) is 8.09. The molecule has 0 aliphatic carbocycles. The van der Waals surface area contributed by atoms with Crippen molar-refractivity contribution in [2.45, 2.75) is 25.2 Å². The number of rotatable bonds is 6. The van der Waals surface area contributed by atoms with E-state index in [9.17, 15) is 13.2 Å². The summed E-state index contributed by atoms with van der Waals surface area (Å²) in [5, 5.41) is 0. The number of carbonyl (C=O) groups is 1. The van der Waals surface area contributed by atoms with E-state index in [0.29, 0.717) is 13.0 Å². The van der Waals surface area contributed by atoms with E-state index >= 15 is 0 Å². The van der Waals surface area contributed by atoms with Crippen molar-refractivity contribution in [1.29, 1.82) is 0 Å². The van der Waals surface area contributed by atoms with E-state index in [4.69, 9.17) is 20.2 Å². The number of ether oxygens (including phenoxy) is 2. The minimum absolute atomic E-state index is 0.115. The predicted octanol–water partition coefficient (Wildman–Crippen LogP) is 2.58. The highest BCUT2D eigenvalue weighted by molar-refractivity contribution is 8.13. The molecule has 1 rings (SSSR count). The minimum atomic E-state index is -3.99. The maximum absolute atomic E-state index is 11.7. The zero-order chi connectivity index (χ0) is 14.5. The molecule has 0 saturated heterocycles. The zero-order valence-electron chi connectivity index (χ0n) is 10.7. The molecular formula is C12H15ClO5S. The molecule has 1 aromatic rings. The summed E-state index contributed by atoms with van der Waals surface area (Å²) in [7, 11) is 1.33. The lowest BCUT2D eigenvalue weighted by Gasteiger charge is -2.09. The Balaban J connectivity index is 3.15. The summed E-state index contributed by atoms with van der Waals surface area (Å²) in [6.07, 6.45) is 0.684. The summed E-state index contributed by atoms with van der Waals surface area (Å²) in [6, 6.07) is 3.99. The van der Waals surface area contributed by atoms with E-state index in [1.54, 1.807) is 6.92 Å². The van der Waals surface area contributed by atoms with Gasteiger partial charge in [-0.3, -0.25) is 0 Å². The van der Waals surface area contributed by atoms with Gasteiger partial charge < -0.3 is 9.47 Å². The van der Waals surface area contributed by atoms with Crippen LogP contribution in [0.15, 0.2) is 23.1 Å². The van der Waals surface area contributed by atoms with Crippen LogP contribution < -0.4 is 4.74 Å². The lowest BCUT2D eigenvalue weighted by atomic mass is 10.2. The Bertz CT molecular complexity index is 553. The van der Waals surface area contributed by atoms with Crippen LogP contribution in [0, 0.1) is 0 Å². The van der Waals surface area contributed by atoms with Gasteiger partial charge in [-0.15, -0.1) is 0 Å². The quantitative estimate of drug-likeness (QED) is 0.597. The average molecular weight is 307 g/mol. The molecule has 0 aromatic heterocycles. The number of hydrogen-bond acceptors (Lipinski definition) is 5. The summed E-state index contributed by atoms with van der Waals surface area (Å²) in [5.74, 6) is -0.476. The van der Waals surface area contributed by atoms with Crippen molar-refractivity contribution in [1.82, 2.24) is 0 Å². The molecule has 5 nitrogen and oxygen atoms in total. The van der Waals surface area contributed by atoms with E-state index in [-0.39, 0.29) is 22.8 Å². The molecule has 0 saturated carbocycles. The van der Waals surface area contributed by atoms with Gasteiger partial charge in [-0.25, -0.2) is 13.2 Å². The van der Waals surface area contributed by atoms with Crippen LogP contribution in [0.2, 0.25) is 0 Å². The first-order valence-electron chi connectivity index (χ1n) is 5.78. The number of esters is 1. The molecule has 0 amide bonds. The third-order valence-corrected chi connectivity index (χ3v) is 3.52. The lowest BCUT2D eigenvalue weighted by Crippen LogP contribution is -2.08. The third-order valence-electron chi connectivity index (χ3n) is 2.18. The summed E-state index contributed by atoms with van der Waals surface area (Å²) in [6.45, 7) is 4.14. The first-order chi connectivity index (χ1) is 8.90. The van der Waals surface area contributed by atoms with Crippen LogP contribution in [-0.4, -0.2) is 27.6 Å². The van der Waals surface area contributed by atoms with Gasteiger partial charge in [0.1, 0.15) is 10.6 Å². The van der Waals surface area contributed by atoms with Gasteiger partial charge in [0.15, 0.2) is 0 Å². The van der Waals surface area contributed by atoms with Crippen molar-refractivity contribution in [3.05, 3.63) is 23.8 Å². The van der Waals surface area contributed by atoms with Crippen molar-refractivity contribution in [2.24, 2.45) is 0 Å². The Kier molecular flexibility index (Phi) is 5.62. The molecule has 0 aliphatic rings. The standard InChI is InChI=1S/C12H15ClO5S/c1-3-7-18-12(14)9-5-6-10(17-4-2)11(8-9)19(13,15)16/h5-6,8H,3-4,7H2,1-2H3. The van der Waals surface area contributed by atoms with Crippen molar-refractivity contribution < 1.29 is 22.7 Å². The summed E-state index contributed by atoms with van der Waals surface area (Å²) in [4.78, 5) is 11.4. The molecule has 0 N–H and O–H groups in total. The highest BCUT2D eigenvalue weighted by Crippen LogP contribution is 2.28. The lowest BCUT2D eigenvalue weighted by molar-refractivity contribution is 0.0505. The van der Waals surface area contributed by atoms with E-state index < -0.39 is 15.0 Å². The fourth-order valence-corrected chi connectivity index (χ4v) is 2.38. The van der Waals surface area contributed by atoms with Crippen LogP contribution in [0.5, 0.6) is 5.75 Å². The molecule has 0 bridgehead atoms. The number of halogens is 1. The Morgan fingerprint density at radius 3 is 2.53 bits per heavy atom. The number of carbonyl (C=O) groups excluding carboxylic acids is 1. The van der Waals surface area contributed by atoms with E-state index in [0.717, 1.165) is 6.07 Å². The molecule has 19 heavy (non-hydrogen) atoms. The van der Waals surface area contributed by atoms with Crippen LogP contribution in [0.4, 0.5) is 0 Å². The van der Waals surface area contributed by atoms with E-state index in [1.165, 1.54) is 12.1 Å². The number of benzene rings is 1. The molecule has 106 valence electrons. The van der Waals surface area contributed by atoms with Crippen LogP contribution >= 0.6 is 10.7 Å². The highest BCUT2D eigenvalue weighted by atomic mass is 35.7. The van der Waals surface area contributed by atoms with Gasteiger partial charge in [-0.1, -0.05) is 6.92 Å². The third kappa shape index (κ3) is 4.40. The molecule has 7 heteroatoms. The van der Waals surface area contributed by atoms with Gasteiger partial charge in [-0.2, -0.15) is 0 Å². The fourth-order valence-electron chi connectivity index (χ4n) is 1.38. The van der Waals surface area contributed by atoms with E-state index in [2.05, 4.69) is 0 Å². The molecule has 0 aliphatic heterocycles. The second kappa shape index (κ2) is 6.77. The highest BCUT2D eigenvalue weighted by Gasteiger charge is 2.20. The molecule has 0 unspecified atom stereocenters. The van der Waals surface area contributed by atoms with E-state index in [1.807, 2.05) is 6.92 Å². The molecular weight excluding hydrogens is 292 g/mol. The zero-order valence-corrected chi connectivity index (χ0v) is 12.3. The van der Waals surface area contributed by atoms with Gasteiger partial charge in [0.05, 0.1) is 18.8 Å². The topological polar surface area (TPSA) is 69.7 Å². The maximum atomic E-state index is 11.7. The van der Waals surface area contributed by atoms with Crippen LogP contribution in [-0.2, 0) is 13.8 Å². The fraction of sp³-hybridized carbons (Fsp3) is 0.417. The van der Waals surface area contributed by atoms with Crippen molar-refractivity contribution in [2.75, 3.05) is 13.2 Å². The largest absolute Gasteiger partial charge is 0.492 e. The van der Waals surface area contributed by atoms with Crippen molar-refractivity contribution in [3.8, 4) is 5.75 Å². The molecule has 0 fully saturated rings. The van der Waals surface area contributed by atoms with Gasteiger partial charge in [0.25, 0.3) is 9.05 Å². The van der Waals surface area contributed by atoms with Crippen molar-refractivity contribution >= 4 is 25.7 Å². The SMILES string of the molecule is CCCOC(=O)c1ccc(OCC)c(S(=O)(=O)Cl)c1. The smallest absolute Gasteiger partial charge is 0.338 e. The average Bonchev–Trinajstić information content (AvgIpc) is 2.35. The monoisotopic (exact) mass is 306 g/mol. The Morgan fingerprint density at radius 1 is 1.32 bits per heavy atom. The van der Waals surface area contributed by atoms with Gasteiger partial charge in [-0.05, 0) is 31.5 Å². The van der Waals surface area contributed by atoms with Crippen LogP contribution in [0.3, 0.4) is 0 Å². The molecule has 1 aromatic carbocycles. The van der Waals surface area contributed by atoms with Crippen molar-refractivity contribution in [3.63, 3.8) is 0 Å². The molecule has 0 radical (unpaired) electrons. The van der Waals surface area contributed by atoms with Crippen LogP contribution in [0.1, 0.15) is 30.6 Å². The Hall–Kier alpha value is -1.27. The molecule has 0 spiro atoms. The predicted molar refractivity (Wildman–Crippen MR) is 71.2 cm³/mol. The number of hydrogen-bond donors (Lipinski definition) is 0. The van der Waals surface area contributed by atoms with Crippen LogP contribution in [0.25, 0.3) is 0 Å². The maximum Gasteiger partial charge on any atom is 0.338 e. The normalized spacial score (nSPS) is 11.1. The summed E-state index contributed by atoms with van der Waals surface area (Å²) < 4.78 is 33.0. The second-order valence-corrected chi connectivity index (χ2v) is 6.20. The summed E-state index contributed by atoms with van der Waals surface area (Å²) in [5.41, 5.74) is 0.121. The van der Waals surface area contributed by atoms with Gasteiger partial charge in [0, 0.05) is 10.7 Å². The second-order valence-electron chi connectivity index (χ2n) is 3.67. The molecule has 0 atom stereocenters. The Morgan fingerprint density at radius 2 is 2.00 bits per heavy atom.